The molecule has 31 heavy (non-hydrogen) atoms. The maximum Gasteiger partial charge on any atom is 0.344 e. The largest absolute Gasteiger partial charge is 0.492 e. The van der Waals surface area contributed by atoms with Gasteiger partial charge in [0.25, 0.3) is 11.1 Å². The van der Waals surface area contributed by atoms with E-state index in [1.165, 1.54) is 24.3 Å². The molecule has 0 N–H and O–H groups in total. The van der Waals surface area contributed by atoms with E-state index in [1.807, 2.05) is 0 Å². The van der Waals surface area contributed by atoms with Crippen LogP contribution in [0.5, 0.6) is 11.5 Å². The molecule has 0 aliphatic carbocycles. The fourth-order valence-electron chi connectivity index (χ4n) is 2.63. The van der Waals surface area contributed by atoms with Crippen LogP contribution >= 0.6 is 11.8 Å². The second-order valence-corrected chi connectivity index (χ2v) is 7.29. The molecular weight excluding hydrogens is 425 g/mol. The number of ether oxygens (including phenoxy) is 3. The third kappa shape index (κ3) is 6.32. The first kappa shape index (κ1) is 22.4. The Kier molecular flexibility index (Phi) is 7.66. The second kappa shape index (κ2) is 10.6. The minimum atomic E-state index is -0.455. The van der Waals surface area contributed by atoms with Gasteiger partial charge in [0.2, 0.25) is 0 Å². The molecule has 2 aromatic rings. The summed E-state index contributed by atoms with van der Waals surface area (Å²) in [6, 6.07) is 12.2. The average Bonchev–Trinajstić information content (AvgIpc) is 3.02. The highest BCUT2D eigenvalue weighted by atomic mass is 32.2. The Morgan fingerprint density at radius 3 is 2.35 bits per heavy atom. The number of imide groups is 1. The molecule has 0 atom stereocenters. The predicted molar refractivity (Wildman–Crippen MR) is 113 cm³/mol. The van der Waals surface area contributed by atoms with Crippen LogP contribution in [0.4, 0.5) is 9.18 Å². The molecule has 1 saturated heterocycles. The molecule has 0 radical (unpaired) electrons. The van der Waals surface area contributed by atoms with E-state index in [1.54, 1.807) is 37.3 Å². The van der Waals surface area contributed by atoms with Gasteiger partial charge in [0.05, 0.1) is 18.1 Å². The first-order valence-electron chi connectivity index (χ1n) is 9.48. The number of esters is 1. The Morgan fingerprint density at radius 1 is 1.03 bits per heavy atom. The highest BCUT2D eigenvalue weighted by molar-refractivity contribution is 8.18. The van der Waals surface area contributed by atoms with Crippen LogP contribution in [0.3, 0.4) is 0 Å². The molecule has 1 fully saturated rings. The standard InChI is InChI=1S/C22H20FNO6S/c1-2-28-20(25)14-30-18-7-3-15(4-8-18)13-19-21(26)24(22(27)31-19)11-12-29-17-9-5-16(23)6-10-17/h3-10,13H,2,11-12,14H2,1H3/b19-13-. The van der Waals surface area contributed by atoms with E-state index in [4.69, 9.17) is 14.2 Å². The number of nitrogens with zero attached hydrogens (tertiary/aromatic N) is 1. The summed E-state index contributed by atoms with van der Waals surface area (Å²) in [5, 5.41) is -0.381. The number of thioether (sulfide) groups is 1. The van der Waals surface area contributed by atoms with E-state index in [0.717, 1.165) is 16.7 Å². The fourth-order valence-corrected chi connectivity index (χ4v) is 3.50. The van der Waals surface area contributed by atoms with E-state index in [2.05, 4.69) is 0 Å². The highest BCUT2D eigenvalue weighted by Gasteiger charge is 2.34. The van der Waals surface area contributed by atoms with Crippen molar-refractivity contribution in [3.8, 4) is 11.5 Å². The lowest BCUT2D eigenvalue weighted by Gasteiger charge is -2.13. The van der Waals surface area contributed by atoms with Crippen molar-refractivity contribution in [3.05, 3.63) is 64.8 Å². The molecule has 1 heterocycles. The van der Waals surface area contributed by atoms with Gasteiger partial charge in [-0.3, -0.25) is 14.5 Å². The van der Waals surface area contributed by atoms with Gasteiger partial charge in [0.1, 0.15) is 23.9 Å². The molecule has 1 aliphatic rings. The summed E-state index contributed by atoms with van der Waals surface area (Å²) >= 11 is 0.850. The Labute approximate surface area is 182 Å². The van der Waals surface area contributed by atoms with Crippen molar-refractivity contribution in [2.75, 3.05) is 26.4 Å². The SMILES string of the molecule is CCOC(=O)COc1ccc(/C=C2\SC(=O)N(CCOc3ccc(F)cc3)C2=O)cc1. The molecule has 7 nitrogen and oxygen atoms in total. The Balaban J connectivity index is 1.54. The molecule has 2 aromatic carbocycles. The molecule has 1 aliphatic heterocycles. The number of carbonyl (C=O) groups is 3. The molecule has 0 unspecified atom stereocenters. The topological polar surface area (TPSA) is 82.1 Å². The van der Waals surface area contributed by atoms with Gasteiger partial charge < -0.3 is 14.2 Å². The van der Waals surface area contributed by atoms with Gasteiger partial charge in [-0.2, -0.15) is 0 Å². The summed E-state index contributed by atoms with van der Waals surface area (Å²) in [5.74, 6) is -0.295. The lowest BCUT2D eigenvalue weighted by molar-refractivity contribution is -0.145. The van der Waals surface area contributed by atoms with Gasteiger partial charge in [0.15, 0.2) is 6.61 Å². The lowest BCUT2D eigenvalue weighted by atomic mass is 10.2. The zero-order valence-corrected chi connectivity index (χ0v) is 17.5. The second-order valence-electron chi connectivity index (χ2n) is 6.30. The quantitative estimate of drug-likeness (QED) is 0.428. The number of hydrogen-bond donors (Lipinski definition) is 0. The lowest BCUT2D eigenvalue weighted by Crippen LogP contribution is -2.32. The average molecular weight is 445 g/mol. The molecule has 0 spiro atoms. The van der Waals surface area contributed by atoms with E-state index in [9.17, 15) is 18.8 Å². The van der Waals surface area contributed by atoms with Crippen LogP contribution in [-0.4, -0.2) is 48.4 Å². The molecule has 2 amide bonds. The first-order chi connectivity index (χ1) is 15.0. The smallest absolute Gasteiger partial charge is 0.344 e. The van der Waals surface area contributed by atoms with Gasteiger partial charge in [0, 0.05) is 0 Å². The third-order valence-corrected chi connectivity index (χ3v) is 5.02. The molecule has 0 saturated carbocycles. The molecular formula is C22H20FNO6S. The Bertz CT molecular complexity index is 975. The van der Waals surface area contributed by atoms with Crippen molar-refractivity contribution in [2.24, 2.45) is 0 Å². The Morgan fingerprint density at radius 2 is 1.68 bits per heavy atom. The molecule has 162 valence electrons. The number of halogens is 1. The van der Waals surface area contributed by atoms with Gasteiger partial charge in [-0.1, -0.05) is 12.1 Å². The van der Waals surface area contributed by atoms with Crippen LogP contribution in [0, 0.1) is 5.82 Å². The van der Waals surface area contributed by atoms with Crippen molar-refractivity contribution in [1.29, 1.82) is 0 Å². The Hall–Kier alpha value is -3.33. The van der Waals surface area contributed by atoms with Crippen molar-refractivity contribution in [3.63, 3.8) is 0 Å². The molecule has 9 heteroatoms. The third-order valence-electron chi connectivity index (χ3n) is 4.11. The molecule has 0 bridgehead atoms. The van der Waals surface area contributed by atoms with Crippen molar-refractivity contribution < 1.29 is 33.0 Å². The normalized spacial score (nSPS) is 14.8. The zero-order chi connectivity index (χ0) is 22.2. The maximum atomic E-state index is 12.9. The monoisotopic (exact) mass is 445 g/mol. The number of benzene rings is 2. The number of rotatable bonds is 9. The van der Waals surface area contributed by atoms with Gasteiger partial charge in [-0.05, 0) is 66.7 Å². The summed E-state index contributed by atoms with van der Waals surface area (Å²) < 4.78 is 28.5. The van der Waals surface area contributed by atoms with E-state index < -0.39 is 11.9 Å². The summed E-state index contributed by atoms with van der Waals surface area (Å²) in [4.78, 5) is 37.5. The summed E-state index contributed by atoms with van der Waals surface area (Å²) in [6.45, 7) is 2.00. The van der Waals surface area contributed by atoms with Gasteiger partial charge >= 0.3 is 5.97 Å². The van der Waals surface area contributed by atoms with Crippen LogP contribution in [0.2, 0.25) is 0 Å². The summed E-state index contributed by atoms with van der Waals surface area (Å²) in [5.41, 5.74) is 0.705. The van der Waals surface area contributed by atoms with Crippen molar-refractivity contribution in [2.45, 2.75) is 6.92 Å². The van der Waals surface area contributed by atoms with E-state index in [-0.39, 0.29) is 37.4 Å². The summed E-state index contributed by atoms with van der Waals surface area (Å²) in [7, 11) is 0. The minimum Gasteiger partial charge on any atom is -0.492 e. The first-order valence-corrected chi connectivity index (χ1v) is 10.3. The van der Waals surface area contributed by atoms with Crippen molar-refractivity contribution in [1.82, 2.24) is 4.90 Å². The van der Waals surface area contributed by atoms with Gasteiger partial charge in [-0.25, -0.2) is 9.18 Å². The predicted octanol–water partition coefficient (Wildman–Crippen LogP) is 3.88. The molecule has 3 rings (SSSR count). The number of amides is 2. The minimum absolute atomic E-state index is 0.0834. The zero-order valence-electron chi connectivity index (χ0n) is 16.7. The highest BCUT2D eigenvalue weighted by Crippen LogP contribution is 2.32. The van der Waals surface area contributed by atoms with Gasteiger partial charge in [-0.15, -0.1) is 0 Å². The number of hydrogen-bond acceptors (Lipinski definition) is 7. The van der Waals surface area contributed by atoms with Crippen LogP contribution in [0.15, 0.2) is 53.4 Å². The maximum absolute atomic E-state index is 12.9. The number of carbonyl (C=O) groups excluding carboxylic acids is 3. The van der Waals surface area contributed by atoms with E-state index in [0.29, 0.717) is 22.0 Å². The fraction of sp³-hybridized carbons (Fsp3) is 0.227. The van der Waals surface area contributed by atoms with Crippen molar-refractivity contribution >= 4 is 35.0 Å². The summed E-state index contributed by atoms with van der Waals surface area (Å²) in [6.07, 6.45) is 1.61. The van der Waals surface area contributed by atoms with E-state index >= 15 is 0 Å². The van der Waals surface area contributed by atoms with Crippen LogP contribution in [0.25, 0.3) is 6.08 Å². The van der Waals surface area contributed by atoms with Crippen LogP contribution in [-0.2, 0) is 14.3 Å². The van der Waals surface area contributed by atoms with Crippen LogP contribution < -0.4 is 9.47 Å². The molecule has 0 aromatic heterocycles. The van der Waals surface area contributed by atoms with Crippen LogP contribution in [0.1, 0.15) is 12.5 Å².